The predicted octanol–water partition coefficient (Wildman–Crippen LogP) is 1.31. The predicted molar refractivity (Wildman–Crippen MR) is 119 cm³/mol. The molecule has 0 bridgehead atoms. The van der Waals surface area contributed by atoms with Crippen molar-refractivity contribution in [3.8, 4) is 34.8 Å². The number of nitrogens with zero attached hydrogens (tertiary/aromatic N) is 3. The van der Waals surface area contributed by atoms with Gasteiger partial charge >= 0.3 is 0 Å². The van der Waals surface area contributed by atoms with Crippen molar-refractivity contribution in [3.05, 3.63) is 29.3 Å². The number of quaternary nitrogens is 1. The summed E-state index contributed by atoms with van der Waals surface area (Å²) in [5.41, 5.74) is 6.97. The Balaban J connectivity index is 0.000000412. The van der Waals surface area contributed by atoms with E-state index in [1.807, 2.05) is 26.0 Å². The molecule has 0 atom stereocenters. The van der Waals surface area contributed by atoms with E-state index >= 15 is 0 Å². The molecule has 2 heterocycles. The van der Waals surface area contributed by atoms with Crippen molar-refractivity contribution in [2.45, 2.75) is 25.0 Å². The second-order valence-electron chi connectivity index (χ2n) is 7.25. The lowest BCUT2D eigenvalue weighted by Crippen LogP contribution is -3.11. The number of rotatable bonds is 4. The first-order valence-corrected chi connectivity index (χ1v) is 10.3. The summed E-state index contributed by atoms with van der Waals surface area (Å²) in [6, 6.07) is 9.12. The zero-order chi connectivity index (χ0) is 23.0. The van der Waals surface area contributed by atoms with Gasteiger partial charge in [-0.05, 0) is 31.5 Å². The molecule has 164 valence electrons. The van der Waals surface area contributed by atoms with E-state index in [9.17, 15) is 10.5 Å². The highest BCUT2D eigenvalue weighted by Gasteiger charge is 2.18. The molecular weight excluding hydrogens is 414 g/mol. The standard InChI is InChI=1S/C17H16N4O2S.C5H11NO/c1-9(2)23-13-5-4-10(6-14(13)22-3)15-11(7-18)16(20)21-17(24)12(15)8-19;1-6-2-4-7-5-3-6/h4-6,9H,1-3H3,(H3,20,21,24);2-5H2,1H3. The third-order valence-corrected chi connectivity index (χ3v) is 4.87. The van der Waals surface area contributed by atoms with Crippen molar-refractivity contribution in [2.24, 2.45) is 0 Å². The van der Waals surface area contributed by atoms with Crippen molar-refractivity contribution >= 4 is 18.4 Å². The molecule has 9 heteroatoms. The van der Waals surface area contributed by atoms with Crippen LogP contribution in [-0.4, -0.2) is 51.5 Å². The van der Waals surface area contributed by atoms with E-state index in [2.05, 4.69) is 12.0 Å². The number of nitrogens with one attached hydrogen (secondary N) is 1. The lowest BCUT2D eigenvalue weighted by Gasteiger charge is -2.18. The van der Waals surface area contributed by atoms with Gasteiger partial charge in [0.15, 0.2) is 11.5 Å². The summed E-state index contributed by atoms with van der Waals surface area (Å²) < 4.78 is 16.1. The lowest BCUT2D eigenvalue weighted by molar-refractivity contribution is -0.888. The van der Waals surface area contributed by atoms with E-state index < -0.39 is 0 Å². The van der Waals surface area contributed by atoms with Gasteiger partial charge in [0.1, 0.15) is 30.5 Å². The van der Waals surface area contributed by atoms with E-state index in [1.165, 1.54) is 20.2 Å². The molecule has 8 nitrogen and oxygen atoms in total. The number of nitrogens with two attached hydrogens (primary N) is 1. The number of hydrogen-bond donors (Lipinski definition) is 2. The van der Waals surface area contributed by atoms with Gasteiger partial charge in [-0.2, -0.15) is 10.5 Å². The highest BCUT2D eigenvalue weighted by molar-refractivity contribution is 7.58. The molecule has 1 aromatic heterocycles. The number of nitrogen functional groups attached to an aromatic ring is 1. The minimum Gasteiger partial charge on any atom is -0.759 e. The van der Waals surface area contributed by atoms with Gasteiger partial charge in [-0.1, -0.05) is 11.1 Å². The fourth-order valence-electron chi connectivity index (χ4n) is 2.98. The van der Waals surface area contributed by atoms with E-state index in [4.69, 9.17) is 32.6 Å². The van der Waals surface area contributed by atoms with Gasteiger partial charge in [0.25, 0.3) is 0 Å². The third-order valence-electron chi connectivity index (χ3n) is 4.58. The summed E-state index contributed by atoms with van der Waals surface area (Å²) in [6.45, 7) is 8.07. The Morgan fingerprint density at radius 2 is 1.81 bits per heavy atom. The number of methoxy groups -OCH3 is 1. The Hall–Kier alpha value is -3.11. The molecule has 0 radical (unpaired) electrons. The molecule has 0 unspecified atom stereocenters. The van der Waals surface area contributed by atoms with Crippen LogP contribution in [0.1, 0.15) is 25.0 Å². The van der Waals surface area contributed by atoms with Crippen LogP contribution in [0.25, 0.3) is 11.1 Å². The molecule has 2 aromatic rings. The smallest absolute Gasteiger partial charge is 0.161 e. The van der Waals surface area contributed by atoms with Gasteiger partial charge < -0.3 is 37.5 Å². The van der Waals surface area contributed by atoms with Crippen LogP contribution in [0, 0.1) is 22.7 Å². The van der Waals surface area contributed by atoms with Crippen LogP contribution >= 0.6 is 0 Å². The first kappa shape index (κ1) is 24.2. The van der Waals surface area contributed by atoms with Crippen molar-refractivity contribution in [1.29, 1.82) is 10.5 Å². The van der Waals surface area contributed by atoms with Crippen molar-refractivity contribution in [2.75, 3.05) is 46.2 Å². The number of anilines is 1. The van der Waals surface area contributed by atoms with E-state index in [0.29, 0.717) is 22.6 Å². The summed E-state index contributed by atoms with van der Waals surface area (Å²) in [4.78, 5) is 5.48. The fraction of sp³-hybridized carbons (Fsp3) is 0.409. The Bertz CT molecular complexity index is 954. The molecule has 0 amide bonds. The number of pyridine rings is 1. The molecule has 1 saturated heterocycles. The number of benzene rings is 1. The summed E-state index contributed by atoms with van der Waals surface area (Å²) in [6.07, 6.45) is -0.0232. The van der Waals surface area contributed by atoms with Gasteiger partial charge in [0.05, 0.1) is 45.1 Å². The Morgan fingerprint density at radius 3 is 2.29 bits per heavy atom. The van der Waals surface area contributed by atoms with Crippen LogP contribution in [0.15, 0.2) is 23.2 Å². The lowest BCUT2D eigenvalue weighted by atomic mass is 9.96. The zero-order valence-corrected chi connectivity index (χ0v) is 19.0. The van der Waals surface area contributed by atoms with Crippen LogP contribution < -0.4 is 20.1 Å². The maximum absolute atomic E-state index is 9.41. The Kier molecular flexibility index (Phi) is 8.83. The average Bonchev–Trinajstić information content (AvgIpc) is 2.74. The number of nitriles is 2. The van der Waals surface area contributed by atoms with Crippen LogP contribution in [-0.2, 0) is 17.4 Å². The highest BCUT2D eigenvalue weighted by atomic mass is 32.1. The molecule has 0 aliphatic carbocycles. The SMILES string of the molecule is COc1cc(-c2c(C#N)c(N)nc([S-])c2C#N)ccc1OC(C)C.C[NH+]1CCOCC1. The summed E-state index contributed by atoms with van der Waals surface area (Å²) in [7, 11) is 3.71. The van der Waals surface area contributed by atoms with Gasteiger partial charge in [-0.25, -0.2) is 0 Å². The second-order valence-corrected chi connectivity index (χ2v) is 7.64. The molecule has 31 heavy (non-hydrogen) atoms. The molecule has 1 aliphatic rings. The van der Waals surface area contributed by atoms with E-state index in [1.54, 1.807) is 23.1 Å². The highest BCUT2D eigenvalue weighted by Crippen LogP contribution is 2.37. The summed E-state index contributed by atoms with van der Waals surface area (Å²) in [5.74, 6) is 1.04. The minimum atomic E-state index is -0.0232. The van der Waals surface area contributed by atoms with Crippen LogP contribution in [0.2, 0.25) is 0 Å². The normalized spacial score (nSPS) is 13.5. The van der Waals surface area contributed by atoms with Crippen molar-refractivity contribution in [1.82, 2.24) is 4.98 Å². The first-order valence-electron chi connectivity index (χ1n) is 9.87. The van der Waals surface area contributed by atoms with Crippen LogP contribution in [0.5, 0.6) is 11.5 Å². The van der Waals surface area contributed by atoms with Crippen molar-refractivity contribution in [3.63, 3.8) is 0 Å². The molecule has 3 rings (SSSR count). The van der Waals surface area contributed by atoms with Crippen molar-refractivity contribution < 1.29 is 19.1 Å². The van der Waals surface area contributed by atoms with E-state index in [-0.39, 0.29) is 28.1 Å². The maximum Gasteiger partial charge on any atom is 0.161 e. The van der Waals surface area contributed by atoms with Crippen LogP contribution in [0.4, 0.5) is 5.82 Å². The monoisotopic (exact) mass is 441 g/mol. The fourth-order valence-corrected chi connectivity index (χ4v) is 3.23. The Morgan fingerprint density at radius 1 is 1.16 bits per heavy atom. The zero-order valence-electron chi connectivity index (χ0n) is 18.2. The third kappa shape index (κ3) is 6.19. The largest absolute Gasteiger partial charge is 0.759 e. The van der Waals surface area contributed by atoms with E-state index in [0.717, 1.165) is 13.2 Å². The molecule has 0 spiro atoms. The average molecular weight is 442 g/mol. The van der Waals surface area contributed by atoms with Gasteiger partial charge in [0, 0.05) is 5.56 Å². The minimum absolute atomic E-state index is 0.00188. The number of ether oxygens (including phenoxy) is 3. The molecule has 3 N–H and O–H groups in total. The summed E-state index contributed by atoms with van der Waals surface area (Å²) >= 11 is 5.10. The first-order chi connectivity index (χ1) is 14.8. The number of morpholine rings is 1. The topological polar surface area (TPSA) is 119 Å². The van der Waals surface area contributed by atoms with Gasteiger partial charge in [-0.15, -0.1) is 0 Å². The molecule has 1 aromatic carbocycles. The van der Waals surface area contributed by atoms with Gasteiger partial charge in [-0.3, -0.25) is 4.98 Å². The van der Waals surface area contributed by atoms with Crippen LogP contribution in [0.3, 0.4) is 0 Å². The molecule has 0 saturated carbocycles. The Labute approximate surface area is 188 Å². The number of hydrogen-bond acceptors (Lipinski definition) is 8. The number of likely N-dealkylation sites (N-methyl/N-ethyl adjacent to an activating group) is 1. The number of aromatic nitrogens is 1. The maximum atomic E-state index is 9.41. The molecule has 1 aliphatic heterocycles. The molecule has 1 fully saturated rings. The quantitative estimate of drug-likeness (QED) is 0.682. The van der Waals surface area contributed by atoms with Gasteiger partial charge in [0.2, 0.25) is 0 Å². The summed E-state index contributed by atoms with van der Waals surface area (Å²) in [5, 5.41) is 18.9. The molecular formula is C22H27N5O3S. The second kappa shape index (κ2) is 11.3.